The molecule has 2 aromatic rings. The third kappa shape index (κ3) is 2.42. The zero-order valence-electron chi connectivity index (χ0n) is 9.93. The Labute approximate surface area is 104 Å². The Morgan fingerprint density at radius 3 is 3.00 bits per heavy atom. The SMILES string of the molecule is CCOc1c(N)cccc1C(=O)Nc1ccn[nH]1. The first-order valence-corrected chi connectivity index (χ1v) is 5.54. The Morgan fingerprint density at radius 2 is 2.33 bits per heavy atom. The molecule has 1 heterocycles. The minimum absolute atomic E-state index is 0.296. The van der Waals surface area contributed by atoms with Crippen molar-refractivity contribution < 1.29 is 9.53 Å². The molecule has 6 nitrogen and oxygen atoms in total. The summed E-state index contributed by atoms with van der Waals surface area (Å²) < 4.78 is 5.40. The number of carbonyl (C=O) groups excluding carboxylic acids is 1. The van der Waals surface area contributed by atoms with Crippen LogP contribution in [0.2, 0.25) is 0 Å². The Morgan fingerprint density at radius 1 is 1.50 bits per heavy atom. The van der Waals surface area contributed by atoms with Crippen LogP contribution in [0.4, 0.5) is 11.5 Å². The van der Waals surface area contributed by atoms with Crippen LogP contribution >= 0.6 is 0 Å². The number of nitrogen functional groups attached to an aromatic ring is 1. The number of rotatable bonds is 4. The lowest BCUT2D eigenvalue weighted by Crippen LogP contribution is -2.14. The summed E-state index contributed by atoms with van der Waals surface area (Å²) >= 11 is 0. The Hall–Kier alpha value is -2.50. The molecule has 0 saturated heterocycles. The molecule has 6 heteroatoms. The molecule has 0 radical (unpaired) electrons. The van der Waals surface area contributed by atoms with Gasteiger partial charge in [-0.15, -0.1) is 0 Å². The van der Waals surface area contributed by atoms with Crippen molar-refractivity contribution in [2.75, 3.05) is 17.7 Å². The van der Waals surface area contributed by atoms with Gasteiger partial charge in [-0.3, -0.25) is 9.89 Å². The van der Waals surface area contributed by atoms with E-state index in [2.05, 4.69) is 15.5 Å². The molecule has 2 rings (SSSR count). The Kier molecular flexibility index (Phi) is 3.47. The predicted octanol–water partition coefficient (Wildman–Crippen LogP) is 1.64. The highest BCUT2D eigenvalue weighted by Crippen LogP contribution is 2.26. The van der Waals surface area contributed by atoms with Crippen LogP contribution in [0.25, 0.3) is 0 Å². The van der Waals surface area contributed by atoms with E-state index in [4.69, 9.17) is 10.5 Å². The number of hydrogen-bond acceptors (Lipinski definition) is 4. The first-order chi connectivity index (χ1) is 8.72. The molecular weight excluding hydrogens is 232 g/mol. The summed E-state index contributed by atoms with van der Waals surface area (Å²) in [5.41, 5.74) is 6.63. The number of amides is 1. The van der Waals surface area contributed by atoms with Gasteiger partial charge >= 0.3 is 0 Å². The molecule has 0 aliphatic carbocycles. The molecular formula is C12H14N4O2. The average molecular weight is 246 g/mol. The third-order valence-corrected chi connectivity index (χ3v) is 2.33. The van der Waals surface area contributed by atoms with Crippen LogP contribution in [-0.2, 0) is 0 Å². The highest BCUT2D eigenvalue weighted by atomic mass is 16.5. The molecule has 0 atom stereocenters. The van der Waals surface area contributed by atoms with Crippen LogP contribution in [-0.4, -0.2) is 22.7 Å². The largest absolute Gasteiger partial charge is 0.491 e. The van der Waals surface area contributed by atoms with Crippen LogP contribution in [0.3, 0.4) is 0 Å². The van der Waals surface area contributed by atoms with Gasteiger partial charge in [-0.1, -0.05) is 6.07 Å². The molecule has 4 N–H and O–H groups in total. The van der Waals surface area contributed by atoms with Gasteiger partial charge in [0.05, 0.1) is 24.1 Å². The lowest BCUT2D eigenvalue weighted by molar-refractivity contribution is 0.102. The Bertz CT molecular complexity index is 537. The third-order valence-electron chi connectivity index (χ3n) is 2.33. The van der Waals surface area contributed by atoms with Crippen molar-refractivity contribution in [1.29, 1.82) is 0 Å². The van der Waals surface area contributed by atoms with Crippen LogP contribution in [0.15, 0.2) is 30.5 Å². The van der Waals surface area contributed by atoms with E-state index in [0.29, 0.717) is 29.4 Å². The van der Waals surface area contributed by atoms with E-state index >= 15 is 0 Å². The number of hydrogen-bond donors (Lipinski definition) is 3. The molecule has 18 heavy (non-hydrogen) atoms. The predicted molar refractivity (Wildman–Crippen MR) is 68.6 cm³/mol. The highest BCUT2D eigenvalue weighted by molar-refractivity contribution is 6.06. The van der Waals surface area contributed by atoms with E-state index in [1.165, 1.54) is 0 Å². The van der Waals surface area contributed by atoms with Gasteiger partial charge in [0.25, 0.3) is 5.91 Å². The molecule has 0 spiro atoms. The number of para-hydroxylation sites is 1. The molecule has 0 bridgehead atoms. The number of H-pyrrole nitrogens is 1. The molecule has 0 saturated carbocycles. The zero-order valence-corrected chi connectivity index (χ0v) is 9.93. The number of nitrogens with zero attached hydrogens (tertiary/aromatic N) is 1. The molecule has 1 aromatic carbocycles. The van der Waals surface area contributed by atoms with E-state index in [9.17, 15) is 4.79 Å². The summed E-state index contributed by atoms with van der Waals surface area (Å²) in [6, 6.07) is 6.72. The van der Waals surface area contributed by atoms with E-state index in [-0.39, 0.29) is 5.91 Å². The van der Waals surface area contributed by atoms with Gasteiger partial charge < -0.3 is 15.8 Å². The zero-order chi connectivity index (χ0) is 13.0. The molecule has 1 aromatic heterocycles. The first-order valence-electron chi connectivity index (χ1n) is 5.54. The number of nitrogens with two attached hydrogens (primary N) is 1. The minimum Gasteiger partial charge on any atom is -0.491 e. The maximum atomic E-state index is 12.1. The topological polar surface area (TPSA) is 93.0 Å². The maximum absolute atomic E-state index is 12.1. The van der Waals surface area contributed by atoms with Gasteiger partial charge in [0.2, 0.25) is 0 Å². The minimum atomic E-state index is -0.296. The fraction of sp³-hybridized carbons (Fsp3) is 0.167. The summed E-state index contributed by atoms with van der Waals surface area (Å²) in [4.78, 5) is 12.1. The van der Waals surface area contributed by atoms with Crippen LogP contribution < -0.4 is 15.8 Å². The first kappa shape index (κ1) is 12.0. The number of ether oxygens (including phenoxy) is 1. The highest BCUT2D eigenvalue weighted by Gasteiger charge is 2.15. The van der Waals surface area contributed by atoms with Crippen molar-refractivity contribution in [3.8, 4) is 5.75 Å². The molecule has 0 aliphatic rings. The van der Waals surface area contributed by atoms with Crippen molar-refractivity contribution in [1.82, 2.24) is 10.2 Å². The van der Waals surface area contributed by atoms with Gasteiger partial charge in [-0.25, -0.2) is 0 Å². The molecule has 94 valence electrons. The summed E-state index contributed by atoms with van der Waals surface area (Å²) in [6.45, 7) is 2.28. The summed E-state index contributed by atoms with van der Waals surface area (Å²) in [6.07, 6.45) is 1.55. The van der Waals surface area contributed by atoms with Crippen molar-refractivity contribution in [2.45, 2.75) is 6.92 Å². The average Bonchev–Trinajstić information content (AvgIpc) is 2.84. The normalized spacial score (nSPS) is 10.1. The van der Waals surface area contributed by atoms with E-state index in [1.807, 2.05) is 6.92 Å². The van der Waals surface area contributed by atoms with Gasteiger partial charge in [0.1, 0.15) is 5.82 Å². The van der Waals surface area contributed by atoms with Crippen molar-refractivity contribution in [2.24, 2.45) is 0 Å². The number of benzene rings is 1. The summed E-state index contributed by atoms with van der Waals surface area (Å²) in [5, 5.41) is 9.07. The van der Waals surface area contributed by atoms with Gasteiger partial charge in [0, 0.05) is 6.07 Å². The number of aromatic amines is 1. The van der Waals surface area contributed by atoms with E-state index in [1.54, 1.807) is 30.5 Å². The lowest BCUT2D eigenvalue weighted by Gasteiger charge is -2.11. The van der Waals surface area contributed by atoms with Crippen LogP contribution in [0.5, 0.6) is 5.75 Å². The number of aromatic nitrogens is 2. The van der Waals surface area contributed by atoms with E-state index < -0.39 is 0 Å². The van der Waals surface area contributed by atoms with Crippen molar-refractivity contribution >= 4 is 17.4 Å². The standard InChI is InChI=1S/C12H14N4O2/c1-2-18-11-8(4-3-5-9(11)13)12(17)15-10-6-7-14-16-10/h3-7H,2,13H2,1H3,(H2,14,15,16,17). The molecule has 1 amide bonds. The monoisotopic (exact) mass is 246 g/mol. The van der Waals surface area contributed by atoms with Crippen molar-refractivity contribution in [3.63, 3.8) is 0 Å². The number of carbonyl (C=O) groups is 1. The van der Waals surface area contributed by atoms with Gasteiger partial charge in [0.15, 0.2) is 5.75 Å². The number of nitrogens with one attached hydrogen (secondary N) is 2. The maximum Gasteiger partial charge on any atom is 0.260 e. The summed E-state index contributed by atoms with van der Waals surface area (Å²) in [5.74, 6) is 0.622. The summed E-state index contributed by atoms with van der Waals surface area (Å²) in [7, 11) is 0. The van der Waals surface area contributed by atoms with Crippen molar-refractivity contribution in [3.05, 3.63) is 36.0 Å². The molecule has 0 fully saturated rings. The van der Waals surface area contributed by atoms with E-state index in [0.717, 1.165) is 0 Å². The second-order valence-corrected chi connectivity index (χ2v) is 3.58. The smallest absolute Gasteiger partial charge is 0.260 e. The second kappa shape index (κ2) is 5.22. The Balaban J connectivity index is 2.26. The van der Waals surface area contributed by atoms with Gasteiger partial charge in [-0.05, 0) is 19.1 Å². The quantitative estimate of drug-likeness (QED) is 0.715. The molecule has 0 aliphatic heterocycles. The number of anilines is 2. The second-order valence-electron chi connectivity index (χ2n) is 3.58. The fourth-order valence-corrected chi connectivity index (χ4v) is 1.55. The lowest BCUT2D eigenvalue weighted by atomic mass is 10.1. The fourth-order valence-electron chi connectivity index (χ4n) is 1.55. The van der Waals surface area contributed by atoms with Gasteiger partial charge in [-0.2, -0.15) is 5.10 Å². The molecule has 0 unspecified atom stereocenters. The van der Waals surface area contributed by atoms with Crippen LogP contribution in [0, 0.1) is 0 Å². The van der Waals surface area contributed by atoms with Crippen LogP contribution in [0.1, 0.15) is 17.3 Å².